The van der Waals surface area contributed by atoms with Gasteiger partial charge in [-0.25, -0.2) is 12.7 Å². The molecular formula is C11H23NO3S. The van der Waals surface area contributed by atoms with Crippen LogP contribution in [-0.2, 0) is 10.0 Å². The number of unbranched alkanes of at least 4 members (excludes halogenated alkanes) is 1. The van der Waals surface area contributed by atoms with Crippen LogP contribution < -0.4 is 0 Å². The quantitative estimate of drug-likeness (QED) is 0.800. The van der Waals surface area contributed by atoms with E-state index in [2.05, 4.69) is 0 Å². The van der Waals surface area contributed by atoms with Crippen molar-refractivity contribution in [2.75, 3.05) is 12.8 Å². The van der Waals surface area contributed by atoms with Crippen molar-refractivity contribution in [1.82, 2.24) is 4.31 Å². The van der Waals surface area contributed by atoms with Gasteiger partial charge in [0.1, 0.15) is 0 Å². The molecule has 0 heterocycles. The minimum Gasteiger partial charge on any atom is -0.393 e. The summed E-state index contributed by atoms with van der Waals surface area (Å²) < 4.78 is 25.4. The van der Waals surface area contributed by atoms with Gasteiger partial charge in [-0.15, -0.1) is 0 Å². The van der Waals surface area contributed by atoms with Crippen molar-refractivity contribution in [3.8, 4) is 0 Å². The number of rotatable bonds is 5. The number of sulfonamides is 1. The molecule has 1 fully saturated rings. The molecule has 0 unspecified atom stereocenters. The Morgan fingerprint density at radius 3 is 2.31 bits per heavy atom. The normalized spacial score (nSPS) is 27.2. The van der Waals surface area contributed by atoms with Gasteiger partial charge in [-0.3, -0.25) is 0 Å². The first-order valence-corrected chi connectivity index (χ1v) is 7.72. The van der Waals surface area contributed by atoms with Crippen molar-refractivity contribution in [3.63, 3.8) is 0 Å². The first-order chi connectivity index (χ1) is 7.47. The molecule has 1 aliphatic carbocycles. The van der Waals surface area contributed by atoms with Gasteiger partial charge in [0.25, 0.3) is 0 Å². The van der Waals surface area contributed by atoms with Gasteiger partial charge < -0.3 is 5.11 Å². The molecule has 0 aromatic rings. The van der Waals surface area contributed by atoms with Crippen molar-refractivity contribution >= 4 is 10.0 Å². The van der Waals surface area contributed by atoms with Gasteiger partial charge >= 0.3 is 0 Å². The molecule has 0 spiro atoms. The van der Waals surface area contributed by atoms with Crippen LogP contribution in [0.1, 0.15) is 45.4 Å². The first-order valence-electron chi connectivity index (χ1n) is 6.11. The summed E-state index contributed by atoms with van der Waals surface area (Å²) in [5.74, 6) is 0.249. The Hall–Kier alpha value is -0.130. The summed E-state index contributed by atoms with van der Waals surface area (Å²) in [5, 5.41) is 9.38. The van der Waals surface area contributed by atoms with E-state index in [4.69, 9.17) is 0 Å². The number of nitrogens with zero attached hydrogens (tertiary/aromatic N) is 1. The summed E-state index contributed by atoms with van der Waals surface area (Å²) in [4.78, 5) is 0. The van der Waals surface area contributed by atoms with Crippen LogP contribution in [0.4, 0.5) is 0 Å². The maximum absolute atomic E-state index is 11.9. The minimum absolute atomic E-state index is 0.0882. The minimum atomic E-state index is -3.09. The third-order valence-corrected chi connectivity index (χ3v) is 5.36. The zero-order valence-electron chi connectivity index (χ0n) is 10.2. The van der Waals surface area contributed by atoms with E-state index < -0.39 is 10.0 Å². The van der Waals surface area contributed by atoms with Crippen molar-refractivity contribution < 1.29 is 13.5 Å². The summed E-state index contributed by atoms with van der Waals surface area (Å²) in [5.41, 5.74) is 0. The SMILES string of the molecule is CCCCS(=O)(=O)N(C)C1CCC(O)CC1. The molecule has 1 saturated carbocycles. The number of aliphatic hydroxyl groups excluding tert-OH is 1. The third-order valence-electron chi connectivity index (χ3n) is 3.38. The van der Waals surface area contributed by atoms with Crippen LogP contribution in [0, 0.1) is 0 Å². The number of aliphatic hydroxyl groups is 1. The lowest BCUT2D eigenvalue weighted by atomic mass is 9.93. The fourth-order valence-corrected chi connectivity index (χ4v) is 3.73. The summed E-state index contributed by atoms with van der Waals surface area (Å²) in [6.07, 6.45) is 4.39. The zero-order valence-corrected chi connectivity index (χ0v) is 11.0. The van der Waals surface area contributed by atoms with E-state index in [-0.39, 0.29) is 17.9 Å². The second kappa shape index (κ2) is 5.98. The molecule has 0 radical (unpaired) electrons. The van der Waals surface area contributed by atoms with Crippen LogP contribution in [0.2, 0.25) is 0 Å². The van der Waals surface area contributed by atoms with E-state index in [1.165, 1.54) is 4.31 Å². The van der Waals surface area contributed by atoms with E-state index in [0.29, 0.717) is 0 Å². The van der Waals surface area contributed by atoms with Crippen molar-refractivity contribution in [1.29, 1.82) is 0 Å². The maximum atomic E-state index is 11.9. The van der Waals surface area contributed by atoms with Gasteiger partial charge in [0.05, 0.1) is 11.9 Å². The second-order valence-electron chi connectivity index (χ2n) is 4.65. The topological polar surface area (TPSA) is 57.6 Å². The van der Waals surface area contributed by atoms with Gasteiger partial charge in [-0.1, -0.05) is 13.3 Å². The van der Waals surface area contributed by atoms with Gasteiger partial charge in [-0.2, -0.15) is 0 Å². The van der Waals surface area contributed by atoms with Crippen LogP contribution in [0.3, 0.4) is 0 Å². The molecule has 4 nitrogen and oxygen atoms in total. The molecule has 1 rings (SSSR count). The molecule has 0 amide bonds. The lowest BCUT2D eigenvalue weighted by molar-refractivity contribution is 0.104. The molecule has 0 bridgehead atoms. The van der Waals surface area contributed by atoms with Gasteiger partial charge in [0, 0.05) is 13.1 Å². The smallest absolute Gasteiger partial charge is 0.214 e. The highest BCUT2D eigenvalue weighted by molar-refractivity contribution is 7.89. The van der Waals surface area contributed by atoms with Crippen LogP contribution in [0.5, 0.6) is 0 Å². The van der Waals surface area contributed by atoms with E-state index in [1.807, 2.05) is 6.92 Å². The van der Waals surface area contributed by atoms with Gasteiger partial charge in [-0.05, 0) is 32.1 Å². The average molecular weight is 249 g/mol. The highest BCUT2D eigenvalue weighted by atomic mass is 32.2. The highest BCUT2D eigenvalue weighted by Gasteiger charge is 2.29. The monoisotopic (exact) mass is 249 g/mol. The predicted octanol–water partition coefficient (Wildman–Crippen LogP) is 1.35. The van der Waals surface area contributed by atoms with Crippen LogP contribution in [-0.4, -0.2) is 42.8 Å². The molecular weight excluding hydrogens is 226 g/mol. The third kappa shape index (κ3) is 3.71. The lowest BCUT2D eigenvalue weighted by Crippen LogP contribution is -2.41. The summed E-state index contributed by atoms with van der Waals surface area (Å²) in [7, 11) is -1.41. The van der Waals surface area contributed by atoms with Crippen molar-refractivity contribution in [3.05, 3.63) is 0 Å². The molecule has 16 heavy (non-hydrogen) atoms. The standard InChI is InChI=1S/C11H23NO3S/c1-3-4-9-16(14,15)12(2)10-5-7-11(13)8-6-10/h10-11,13H,3-9H2,1-2H3. The Kier molecular flexibility index (Phi) is 5.21. The first kappa shape index (κ1) is 13.9. The molecule has 0 aliphatic heterocycles. The zero-order chi connectivity index (χ0) is 12.2. The van der Waals surface area contributed by atoms with Crippen LogP contribution in [0.15, 0.2) is 0 Å². The fraction of sp³-hybridized carbons (Fsp3) is 1.00. The Balaban J connectivity index is 2.52. The lowest BCUT2D eigenvalue weighted by Gasteiger charge is -2.32. The Labute approximate surface area is 98.7 Å². The molecule has 0 atom stereocenters. The van der Waals surface area contributed by atoms with E-state index >= 15 is 0 Å². The fourth-order valence-electron chi connectivity index (χ4n) is 2.12. The average Bonchev–Trinajstić information content (AvgIpc) is 2.26. The molecule has 0 aromatic carbocycles. The molecule has 5 heteroatoms. The van der Waals surface area contributed by atoms with Crippen molar-refractivity contribution in [2.45, 2.75) is 57.6 Å². The molecule has 1 N–H and O–H groups in total. The van der Waals surface area contributed by atoms with Gasteiger partial charge in [0.2, 0.25) is 10.0 Å². The molecule has 1 aliphatic rings. The van der Waals surface area contributed by atoms with Crippen LogP contribution >= 0.6 is 0 Å². The van der Waals surface area contributed by atoms with E-state index in [0.717, 1.165) is 38.5 Å². The number of hydrogen-bond donors (Lipinski definition) is 1. The molecule has 0 aromatic heterocycles. The molecule has 96 valence electrons. The van der Waals surface area contributed by atoms with Crippen molar-refractivity contribution in [2.24, 2.45) is 0 Å². The molecule has 0 saturated heterocycles. The highest BCUT2D eigenvalue weighted by Crippen LogP contribution is 2.24. The Bertz CT molecular complexity index is 294. The van der Waals surface area contributed by atoms with Gasteiger partial charge in [0.15, 0.2) is 0 Å². The second-order valence-corrected chi connectivity index (χ2v) is 6.80. The van der Waals surface area contributed by atoms with E-state index in [9.17, 15) is 13.5 Å². The summed E-state index contributed by atoms with van der Waals surface area (Å²) in [6.45, 7) is 1.99. The Morgan fingerprint density at radius 2 is 1.81 bits per heavy atom. The summed E-state index contributed by atoms with van der Waals surface area (Å²) in [6, 6.07) is 0.0882. The largest absolute Gasteiger partial charge is 0.393 e. The van der Waals surface area contributed by atoms with Crippen LogP contribution in [0.25, 0.3) is 0 Å². The predicted molar refractivity (Wildman–Crippen MR) is 64.7 cm³/mol. The number of hydrogen-bond acceptors (Lipinski definition) is 3. The Morgan fingerprint density at radius 1 is 1.25 bits per heavy atom. The summed E-state index contributed by atoms with van der Waals surface area (Å²) >= 11 is 0. The maximum Gasteiger partial charge on any atom is 0.214 e. The van der Waals surface area contributed by atoms with E-state index in [1.54, 1.807) is 7.05 Å².